The molecule has 0 unspecified atom stereocenters. The van der Waals surface area contributed by atoms with Crippen LogP contribution in [-0.2, 0) is 10.0 Å². The molecule has 11 heteroatoms. The third-order valence-corrected chi connectivity index (χ3v) is 6.56. The van der Waals surface area contributed by atoms with E-state index < -0.39 is 15.8 Å². The Morgan fingerprint density at radius 2 is 1.89 bits per heavy atom. The Morgan fingerprint density at radius 1 is 1.19 bits per heavy atom. The van der Waals surface area contributed by atoms with Crippen molar-refractivity contribution in [2.75, 3.05) is 13.1 Å². The molecule has 142 valence electrons. The minimum atomic E-state index is -3.49. The van der Waals surface area contributed by atoms with E-state index in [0.29, 0.717) is 36.5 Å². The highest BCUT2D eigenvalue weighted by molar-refractivity contribution is 7.89. The molecule has 10 nitrogen and oxygen atoms in total. The van der Waals surface area contributed by atoms with Crippen molar-refractivity contribution in [3.05, 3.63) is 46.6 Å². The fourth-order valence-electron chi connectivity index (χ4n) is 3.11. The lowest BCUT2D eigenvalue weighted by Crippen LogP contribution is -2.39. The number of benzene rings is 1. The van der Waals surface area contributed by atoms with Gasteiger partial charge in [-0.1, -0.05) is 28.1 Å². The molecule has 0 amide bonds. The number of nitrogens with zero attached hydrogens (tertiary/aromatic N) is 5. The number of piperidine rings is 1. The van der Waals surface area contributed by atoms with Crippen molar-refractivity contribution >= 4 is 10.0 Å². The summed E-state index contributed by atoms with van der Waals surface area (Å²) in [7, 11) is -3.49. The zero-order chi connectivity index (χ0) is 19.0. The smallest absolute Gasteiger partial charge is 0.296 e. The van der Waals surface area contributed by atoms with E-state index in [1.807, 2.05) is 6.92 Å². The number of rotatable bonds is 4. The molecule has 1 aliphatic heterocycles. The van der Waals surface area contributed by atoms with Crippen molar-refractivity contribution in [3.8, 4) is 11.5 Å². The summed E-state index contributed by atoms with van der Waals surface area (Å²) in [5.74, 6) is -0.445. The van der Waals surface area contributed by atoms with Gasteiger partial charge in [0.1, 0.15) is 0 Å². The lowest BCUT2D eigenvalue weighted by atomic mass is 10.1. The number of H-pyrrole nitrogens is 1. The Bertz CT molecular complexity index is 1090. The molecule has 0 spiro atoms. The maximum atomic E-state index is 12.8. The molecule has 27 heavy (non-hydrogen) atoms. The molecule has 3 aromatic rings. The van der Waals surface area contributed by atoms with Crippen molar-refractivity contribution in [1.29, 1.82) is 0 Å². The first-order valence-corrected chi connectivity index (χ1v) is 9.92. The quantitative estimate of drug-likeness (QED) is 0.703. The van der Waals surface area contributed by atoms with Crippen molar-refractivity contribution in [2.24, 2.45) is 0 Å². The average Bonchev–Trinajstić information content (AvgIpc) is 3.31. The predicted molar refractivity (Wildman–Crippen MR) is 94.3 cm³/mol. The molecule has 0 radical (unpaired) electrons. The lowest BCUT2D eigenvalue weighted by molar-refractivity contribution is 0.258. The number of sulfonamides is 1. The highest BCUT2D eigenvalue weighted by Crippen LogP contribution is 2.27. The van der Waals surface area contributed by atoms with E-state index in [0.717, 1.165) is 5.56 Å². The molecule has 1 aliphatic rings. The monoisotopic (exact) mass is 390 g/mol. The molecular weight excluding hydrogens is 372 g/mol. The fourth-order valence-corrected chi connectivity index (χ4v) is 4.58. The van der Waals surface area contributed by atoms with Crippen LogP contribution in [0.3, 0.4) is 0 Å². The Balaban J connectivity index is 1.45. The first kappa shape index (κ1) is 17.6. The highest BCUT2D eigenvalue weighted by Gasteiger charge is 2.30. The number of nitrogens with one attached hydrogen (secondary N) is 1. The van der Waals surface area contributed by atoms with Crippen molar-refractivity contribution in [1.82, 2.24) is 29.4 Å². The molecule has 3 heterocycles. The van der Waals surface area contributed by atoms with E-state index in [9.17, 15) is 13.2 Å². The molecule has 0 atom stereocenters. The molecule has 1 fully saturated rings. The Kier molecular flexibility index (Phi) is 4.40. The van der Waals surface area contributed by atoms with Gasteiger partial charge in [-0.2, -0.15) is 4.31 Å². The number of hydrogen-bond donors (Lipinski definition) is 1. The molecular formula is C16H18N6O4S. The Morgan fingerprint density at radius 3 is 2.52 bits per heavy atom. The van der Waals surface area contributed by atoms with Crippen LogP contribution in [-0.4, -0.2) is 50.9 Å². The van der Waals surface area contributed by atoms with Gasteiger partial charge in [0.25, 0.3) is 0 Å². The number of aryl methyl sites for hydroxylation is 1. The van der Waals surface area contributed by atoms with Gasteiger partial charge in [0.05, 0.1) is 17.1 Å². The zero-order valence-electron chi connectivity index (χ0n) is 14.6. The van der Waals surface area contributed by atoms with E-state index in [1.54, 1.807) is 35.1 Å². The Labute approximate surface area is 154 Å². The van der Waals surface area contributed by atoms with Gasteiger partial charge < -0.3 is 0 Å². The third-order valence-electron chi connectivity index (χ3n) is 4.65. The van der Waals surface area contributed by atoms with Crippen LogP contribution < -0.4 is 5.76 Å². The second-order valence-electron chi connectivity index (χ2n) is 6.48. The summed E-state index contributed by atoms with van der Waals surface area (Å²) in [6.45, 7) is 2.72. The van der Waals surface area contributed by atoms with Gasteiger partial charge in [-0.05, 0) is 31.9 Å². The van der Waals surface area contributed by atoms with Crippen LogP contribution in [0.25, 0.3) is 11.5 Å². The van der Waals surface area contributed by atoms with Crippen LogP contribution in [0.4, 0.5) is 0 Å². The van der Waals surface area contributed by atoms with E-state index in [1.165, 1.54) is 4.31 Å². The van der Waals surface area contributed by atoms with Gasteiger partial charge >= 0.3 is 5.76 Å². The van der Waals surface area contributed by atoms with Crippen molar-refractivity contribution in [3.63, 3.8) is 0 Å². The first-order chi connectivity index (χ1) is 12.9. The van der Waals surface area contributed by atoms with Crippen LogP contribution in [0.2, 0.25) is 0 Å². The summed E-state index contributed by atoms with van der Waals surface area (Å²) in [6, 6.07) is 6.89. The minimum Gasteiger partial charge on any atom is -0.296 e. The summed E-state index contributed by atoms with van der Waals surface area (Å²) in [6.07, 6.45) is 2.90. The topological polar surface area (TPSA) is 127 Å². The number of aromatic amines is 1. The molecule has 0 bridgehead atoms. The second kappa shape index (κ2) is 6.74. The highest BCUT2D eigenvalue weighted by atomic mass is 32.2. The standard InChI is InChI=1S/C16H18N6O4S/c1-11-2-4-13(5-3-11)27(24,25)21-8-6-12(7-9-21)22-10-14(18-20-22)15-17-16(23)26-19-15/h2-5,10,12H,6-9H2,1H3,(H,17,19,23). The van der Waals surface area contributed by atoms with E-state index in [4.69, 9.17) is 0 Å². The largest absolute Gasteiger partial charge is 0.439 e. The maximum Gasteiger partial charge on any atom is 0.439 e. The van der Waals surface area contributed by atoms with Gasteiger partial charge in [-0.25, -0.2) is 17.9 Å². The van der Waals surface area contributed by atoms with E-state index >= 15 is 0 Å². The van der Waals surface area contributed by atoms with Gasteiger partial charge in [-0.3, -0.25) is 9.51 Å². The average molecular weight is 390 g/mol. The van der Waals surface area contributed by atoms with Crippen molar-refractivity contribution < 1.29 is 12.9 Å². The van der Waals surface area contributed by atoms with Gasteiger partial charge in [0.2, 0.25) is 15.8 Å². The summed E-state index contributed by atoms with van der Waals surface area (Å²) in [5.41, 5.74) is 1.42. The summed E-state index contributed by atoms with van der Waals surface area (Å²) >= 11 is 0. The molecule has 1 aromatic carbocycles. The van der Waals surface area contributed by atoms with Gasteiger partial charge in [0, 0.05) is 13.1 Å². The first-order valence-electron chi connectivity index (χ1n) is 8.48. The van der Waals surface area contributed by atoms with Crippen LogP contribution in [0.1, 0.15) is 24.4 Å². The third kappa shape index (κ3) is 3.43. The fraction of sp³-hybridized carbons (Fsp3) is 0.375. The van der Waals surface area contributed by atoms with E-state index in [2.05, 4.69) is 25.0 Å². The van der Waals surface area contributed by atoms with E-state index in [-0.39, 0.29) is 11.9 Å². The zero-order valence-corrected chi connectivity index (χ0v) is 15.4. The summed E-state index contributed by atoms with van der Waals surface area (Å²) < 4.78 is 33.2. The SMILES string of the molecule is Cc1ccc(S(=O)(=O)N2CCC(n3cc(-c4noc(=O)[nH]4)nn3)CC2)cc1. The minimum absolute atomic E-state index is 0.0225. The van der Waals surface area contributed by atoms with Crippen LogP contribution in [0.15, 0.2) is 44.7 Å². The van der Waals surface area contributed by atoms with Crippen LogP contribution in [0, 0.1) is 6.92 Å². The van der Waals surface area contributed by atoms with Crippen LogP contribution >= 0.6 is 0 Å². The van der Waals surface area contributed by atoms with Gasteiger partial charge in [-0.15, -0.1) is 5.10 Å². The molecule has 1 N–H and O–H groups in total. The van der Waals surface area contributed by atoms with Crippen molar-refractivity contribution in [2.45, 2.75) is 30.7 Å². The molecule has 0 saturated carbocycles. The number of aromatic nitrogens is 5. The maximum absolute atomic E-state index is 12.8. The molecule has 0 aliphatic carbocycles. The second-order valence-corrected chi connectivity index (χ2v) is 8.41. The molecule has 4 rings (SSSR count). The Hall–Kier alpha value is -2.79. The summed E-state index contributed by atoms with van der Waals surface area (Å²) in [4.78, 5) is 13.8. The molecule has 1 saturated heterocycles. The van der Waals surface area contributed by atoms with Crippen LogP contribution in [0.5, 0.6) is 0 Å². The van der Waals surface area contributed by atoms with Gasteiger partial charge in [0.15, 0.2) is 5.69 Å². The summed E-state index contributed by atoms with van der Waals surface area (Å²) in [5, 5.41) is 11.6. The lowest BCUT2D eigenvalue weighted by Gasteiger charge is -2.31. The number of hydrogen-bond acceptors (Lipinski definition) is 7. The predicted octanol–water partition coefficient (Wildman–Crippen LogP) is 0.956. The molecule has 2 aromatic heterocycles. The normalized spacial score (nSPS) is 16.6.